The molecule has 2 heterocycles. The number of aryl methyl sites for hydroxylation is 1. The monoisotopic (exact) mass is 331 g/mol. The van der Waals surface area contributed by atoms with Crippen molar-refractivity contribution in [3.8, 4) is 5.75 Å². The lowest BCUT2D eigenvalue weighted by atomic mass is 10.1. The van der Waals surface area contributed by atoms with E-state index in [-0.39, 0.29) is 11.9 Å². The van der Waals surface area contributed by atoms with E-state index in [4.69, 9.17) is 4.74 Å². The van der Waals surface area contributed by atoms with Crippen LogP contribution < -0.4 is 15.0 Å². The molecule has 0 spiro atoms. The van der Waals surface area contributed by atoms with E-state index >= 15 is 0 Å². The first-order valence-corrected chi connectivity index (χ1v) is 8.69. The molecule has 1 unspecified atom stereocenters. The molecule has 1 aliphatic rings. The summed E-state index contributed by atoms with van der Waals surface area (Å²) in [7, 11) is 1.65. The minimum atomic E-state index is 0.117. The highest BCUT2D eigenvalue weighted by Crippen LogP contribution is 2.22. The average Bonchev–Trinajstić information content (AvgIpc) is 3.24. The number of rotatable bonds is 6. The van der Waals surface area contributed by atoms with E-state index < -0.39 is 0 Å². The summed E-state index contributed by atoms with van der Waals surface area (Å²) in [5.41, 5.74) is 1.15. The van der Waals surface area contributed by atoms with Crippen LogP contribution in [0.2, 0.25) is 0 Å². The number of anilines is 1. The van der Waals surface area contributed by atoms with Gasteiger partial charge in [0.15, 0.2) is 5.13 Å². The molecule has 5 nitrogen and oxygen atoms in total. The summed E-state index contributed by atoms with van der Waals surface area (Å²) in [6.07, 6.45) is 4.06. The Morgan fingerprint density at radius 3 is 2.96 bits per heavy atom. The molecule has 0 radical (unpaired) electrons. The van der Waals surface area contributed by atoms with Gasteiger partial charge in [0.05, 0.1) is 7.11 Å². The molecule has 1 aliphatic heterocycles. The second kappa shape index (κ2) is 7.46. The number of carbonyl (C=O) groups excluding carboxylic acids is 1. The van der Waals surface area contributed by atoms with Crippen molar-refractivity contribution in [2.24, 2.45) is 0 Å². The van der Waals surface area contributed by atoms with E-state index in [0.717, 1.165) is 42.4 Å². The first kappa shape index (κ1) is 15.8. The molecule has 2 aromatic rings. The number of amides is 1. The fourth-order valence-electron chi connectivity index (χ4n) is 2.77. The van der Waals surface area contributed by atoms with Crippen LogP contribution in [0, 0.1) is 0 Å². The maximum absolute atomic E-state index is 12.1. The van der Waals surface area contributed by atoms with Gasteiger partial charge in [0.1, 0.15) is 5.75 Å². The molecule has 122 valence electrons. The van der Waals surface area contributed by atoms with Gasteiger partial charge in [-0.3, -0.25) is 4.79 Å². The first-order valence-electron chi connectivity index (χ1n) is 7.81. The average molecular weight is 331 g/mol. The first-order chi connectivity index (χ1) is 11.2. The van der Waals surface area contributed by atoms with Gasteiger partial charge in [0, 0.05) is 37.1 Å². The van der Waals surface area contributed by atoms with Crippen molar-refractivity contribution in [2.75, 3.05) is 25.1 Å². The van der Waals surface area contributed by atoms with Gasteiger partial charge in [-0.25, -0.2) is 4.98 Å². The smallest absolute Gasteiger partial charge is 0.220 e. The highest BCUT2D eigenvalue weighted by Gasteiger charge is 2.25. The maximum atomic E-state index is 12.1. The number of carbonyl (C=O) groups is 1. The summed E-state index contributed by atoms with van der Waals surface area (Å²) >= 11 is 1.64. The number of hydrogen-bond acceptors (Lipinski definition) is 5. The number of thiazole rings is 1. The Hall–Kier alpha value is -2.08. The van der Waals surface area contributed by atoms with E-state index in [0.29, 0.717) is 6.42 Å². The number of nitrogens with zero attached hydrogens (tertiary/aromatic N) is 2. The molecule has 6 heteroatoms. The lowest BCUT2D eigenvalue weighted by molar-refractivity contribution is -0.121. The summed E-state index contributed by atoms with van der Waals surface area (Å²) in [6, 6.07) is 8.09. The van der Waals surface area contributed by atoms with E-state index in [9.17, 15) is 4.79 Å². The molecular formula is C17H21N3O2S. The molecule has 0 saturated carbocycles. The number of hydrogen-bond donors (Lipinski definition) is 1. The van der Waals surface area contributed by atoms with E-state index in [1.807, 2.05) is 35.8 Å². The number of aromatic nitrogens is 1. The zero-order valence-corrected chi connectivity index (χ0v) is 14.0. The second-order valence-corrected chi connectivity index (χ2v) is 6.53. The molecule has 3 rings (SSSR count). The maximum Gasteiger partial charge on any atom is 0.220 e. The van der Waals surface area contributed by atoms with Gasteiger partial charge in [-0.15, -0.1) is 11.3 Å². The largest absolute Gasteiger partial charge is 0.497 e. The van der Waals surface area contributed by atoms with E-state index in [1.54, 1.807) is 18.4 Å². The van der Waals surface area contributed by atoms with Crippen LogP contribution in [-0.2, 0) is 11.2 Å². The topological polar surface area (TPSA) is 54.5 Å². The third-order valence-electron chi connectivity index (χ3n) is 4.04. The minimum Gasteiger partial charge on any atom is -0.497 e. The second-order valence-electron chi connectivity index (χ2n) is 5.66. The normalized spacial score (nSPS) is 17.3. The Morgan fingerprint density at radius 2 is 2.26 bits per heavy atom. The predicted octanol–water partition coefficient (Wildman–Crippen LogP) is 2.48. The number of ether oxygens (including phenoxy) is 1. The highest BCUT2D eigenvalue weighted by atomic mass is 32.1. The Balaban J connectivity index is 1.42. The molecule has 1 fully saturated rings. The Morgan fingerprint density at radius 1 is 1.43 bits per heavy atom. The van der Waals surface area contributed by atoms with Crippen LogP contribution in [0.15, 0.2) is 35.8 Å². The standard InChI is InChI=1S/C17H21N3O2S/c1-22-15-5-2-13(3-6-15)4-7-16(21)19-14-8-10-20(12-14)17-18-9-11-23-17/h2-3,5-6,9,11,14H,4,7-8,10,12H2,1H3,(H,19,21). The molecule has 1 aromatic carbocycles. The molecule has 0 bridgehead atoms. The highest BCUT2D eigenvalue weighted by molar-refractivity contribution is 7.13. The van der Waals surface area contributed by atoms with E-state index in [1.165, 1.54) is 0 Å². The zero-order chi connectivity index (χ0) is 16.1. The summed E-state index contributed by atoms with van der Waals surface area (Å²) < 4.78 is 5.14. The van der Waals surface area contributed by atoms with Crippen LogP contribution in [0.25, 0.3) is 0 Å². The molecule has 1 aromatic heterocycles. The Kier molecular flexibility index (Phi) is 5.12. The van der Waals surface area contributed by atoms with Crippen LogP contribution in [0.4, 0.5) is 5.13 Å². The fraction of sp³-hybridized carbons (Fsp3) is 0.412. The van der Waals surface area contributed by atoms with E-state index in [2.05, 4.69) is 15.2 Å². The van der Waals surface area contributed by atoms with Crippen molar-refractivity contribution < 1.29 is 9.53 Å². The summed E-state index contributed by atoms with van der Waals surface area (Å²) in [4.78, 5) is 18.7. The lowest BCUT2D eigenvalue weighted by Gasteiger charge is -2.15. The molecular weight excluding hydrogens is 310 g/mol. The van der Waals surface area contributed by atoms with Gasteiger partial charge in [0.2, 0.25) is 5.91 Å². The molecule has 1 atom stereocenters. The van der Waals surface area contributed by atoms with Crippen molar-refractivity contribution in [1.29, 1.82) is 0 Å². The van der Waals surface area contributed by atoms with Gasteiger partial charge in [-0.1, -0.05) is 12.1 Å². The van der Waals surface area contributed by atoms with Crippen LogP contribution in [0.3, 0.4) is 0 Å². The molecule has 1 saturated heterocycles. The van der Waals surface area contributed by atoms with Crippen molar-refractivity contribution >= 4 is 22.4 Å². The Labute approximate surface area is 140 Å². The van der Waals surface area contributed by atoms with Gasteiger partial charge < -0.3 is 15.0 Å². The lowest BCUT2D eigenvalue weighted by Crippen LogP contribution is -2.37. The number of nitrogens with one attached hydrogen (secondary N) is 1. The molecule has 1 amide bonds. The SMILES string of the molecule is COc1ccc(CCC(=O)NC2CCN(c3nccs3)C2)cc1. The van der Waals surface area contributed by atoms with Crippen molar-refractivity contribution in [3.05, 3.63) is 41.4 Å². The van der Waals surface area contributed by atoms with Crippen molar-refractivity contribution in [2.45, 2.75) is 25.3 Å². The molecule has 23 heavy (non-hydrogen) atoms. The molecule has 0 aliphatic carbocycles. The van der Waals surface area contributed by atoms with Gasteiger partial charge >= 0.3 is 0 Å². The minimum absolute atomic E-state index is 0.117. The number of methoxy groups -OCH3 is 1. The summed E-state index contributed by atoms with van der Waals surface area (Å²) in [5, 5.41) is 6.16. The number of benzene rings is 1. The third-order valence-corrected chi connectivity index (χ3v) is 4.88. The van der Waals surface area contributed by atoms with Crippen molar-refractivity contribution in [3.63, 3.8) is 0 Å². The van der Waals surface area contributed by atoms with Crippen LogP contribution in [0.1, 0.15) is 18.4 Å². The van der Waals surface area contributed by atoms with Gasteiger partial charge in [-0.2, -0.15) is 0 Å². The van der Waals surface area contributed by atoms with Gasteiger partial charge in [-0.05, 0) is 30.5 Å². The quantitative estimate of drug-likeness (QED) is 0.883. The Bertz CT molecular complexity index is 628. The predicted molar refractivity (Wildman–Crippen MR) is 92.2 cm³/mol. The third kappa shape index (κ3) is 4.22. The van der Waals surface area contributed by atoms with Gasteiger partial charge in [0.25, 0.3) is 0 Å². The molecule has 1 N–H and O–H groups in total. The van der Waals surface area contributed by atoms with Crippen LogP contribution >= 0.6 is 11.3 Å². The van der Waals surface area contributed by atoms with Crippen molar-refractivity contribution in [1.82, 2.24) is 10.3 Å². The summed E-state index contributed by atoms with van der Waals surface area (Å²) in [5.74, 6) is 0.957. The van der Waals surface area contributed by atoms with Crippen LogP contribution in [0.5, 0.6) is 5.75 Å². The van der Waals surface area contributed by atoms with Crippen LogP contribution in [-0.4, -0.2) is 37.1 Å². The fourth-order valence-corrected chi connectivity index (χ4v) is 3.45. The summed E-state index contributed by atoms with van der Waals surface area (Å²) in [6.45, 7) is 1.80. The zero-order valence-electron chi connectivity index (χ0n) is 13.2.